The van der Waals surface area contributed by atoms with Crippen molar-refractivity contribution in [2.24, 2.45) is 5.92 Å². The highest BCUT2D eigenvalue weighted by Gasteiger charge is 2.16. The minimum atomic E-state index is -0.851. The molecule has 0 aromatic heterocycles. The van der Waals surface area contributed by atoms with Crippen molar-refractivity contribution in [2.75, 3.05) is 20.1 Å². The monoisotopic (exact) mass is 271 g/mol. The minimum Gasteiger partial charge on any atom is -0.481 e. The van der Waals surface area contributed by atoms with Gasteiger partial charge >= 0.3 is 5.97 Å². The van der Waals surface area contributed by atoms with E-state index in [0.717, 1.165) is 6.07 Å². The number of likely N-dealkylation sites (N-methyl/N-ethyl adjacent to an activating group) is 1. The first-order valence-electron chi connectivity index (χ1n) is 6.17. The summed E-state index contributed by atoms with van der Waals surface area (Å²) in [6.07, 6.45) is 0. The molecule has 106 valence electrons. The highest BCUT2D eigenvalue weighted by Crippen LogP contribution is 2.19. The molecule has 0 aliphatic carbocycles. The van der Waals surface area contributed by atoms with Crippen LogP contribution in [0.3, 0.4) is 0 Å². The van der Waals surface area contributed by atoms with Crippen molar-refractivity contribution in [3.63, 3.8) is 0 Å². The highest BCUT2D eigenvalue weighted by molar-refractivity contribution is 5.69. The van der Waals surface area contributed by atoms with Gasteiger partial charge in [0.05, 0.1) is 5.92 Å². The van der Waals surface area contributed by atoms with E-state index in [4.69, 9.17) is 5.11 Å². The molecular formula is C14H19F2NO2. The minimum absolute atomic E-state index is 0.0730. The van der Waals surface area contributed by atoms with Crippen molar-refractivity contribution in [1.82, 2.24) is 4.90 Å². The zero-order valence-corrected chi connectivity index (χ0v) is 11.4. The lowest BCUT2D eigenvalue weighted by atomic mass is 10.00. The number of halogens is 2. The normalized spacial score (nSPS) is 14.4. The summed E-state index contributed by atoms with van der Waals surface area (Å²) in [5, 5.41) is 8.83. The van der Waals surface area contributed by atoms with Crippen molar-refractivity contribution in [3.05, 3.63) is 35.4 Å². The third kappa shape index (κ3) is 4.95. The Balaban J connectivity index is 2.63. The van der Waals surface area contributed by atoms with E-state index in [2.05, 4.69) is 0 Å². The molecule has 2 atom stereocenters. The standard InChI is InChI=1S/C14H19F2NO2/c1-9(7-17(3)8-10(2)14(18)19)11-4-12(15)6-13(16)5-11/h4-6,9-10H,7-8H2,1-3H3,(H,18,19). The van der Waals surface area contributed by atoms with Crippen LogP contribution in [0, 0.1) is 17.6 Å². The number of carboxylic acids is 1. The number of rotatable bonds is 6. The van der Waals surface area contributed by atoms with Gasteiger partial charge in [0.1, 0.15) is 11.6 Å². The second-order valence-corrected chi connectivity index (χ2v) is 5.06. The Kier molecular flexibility index (Phi) is 5.42. The lowest BCUT2D eigenvalue weighted by molar-refractivity contribution is -0.141. The van der Waals surface area contributed by atoms with Gasteiger partial charge in [-0.25, -0.2) is 8.78 Å². The van der Waals surface area contributed by atoms with Crippen LogP contribution in [0.2, 0.25) is 0 Å². The molecule has 0 bridgehead atoms. The summed E-state index contributed by atoms with van der Waals surface area (Å²) in [5.74, 6) is -2.58. The van der Waals surface area contributed by atoms with Gasteiger partial charge in [0, 0.05) is 19.2 Å². The van der Waals surface area contributed by atoms with Crippen molar-refractivity contribution in [2.45, 2.75) is 19.8 Å². The van der Waals surface area contributed by atoms with Crippen molar-refractivity contribution in [3.8, 4) is 0 Å². The van der Waals surface area contributed by atoms with E-state index >= 15 is 0 Å². The Morgan fingerprint density at radius 3 is 2.21 bits per heavy atom. The summed E-state index contributed by atoms with van der Waals surface area (Å²) in [5.41, 5.74) is 0.576. The van der Waals surface area contributed by atoms with Gasteiger partial charge in [-0.2, -0.15) is 0 Å². The first-order chi connectivity index (χ1) is 8.79. The summed E-state index contributed by atoms with van der Waals surface area (Å²) < 4.78 is 26.2. The van der Waals surface area contributed by atoms with Crippen molar-refractivity contribution >= 4 is 5.97 Å². The van der Waals surface area contributed by atoms with Gasteiger partial charge in [0.2, 0.25) is 0 Å². The van der Waals surface area contributed by atoms with Crippen LogP contribution in [0.5, 0.6) is 0 Å². The Bertz CT molecular complexity index is 431. The molecule has 2 unspecified atom stereocenters. The zero-order chi connectivity index (χ0) is 14.6. The van der Waals surface area contributed by atoms with Crippen molar-refractivity contribution < 1.29 is 18.7 Å². The van der Waals surface area contributed by atoms with Gasteiger partial charge in [-0.05, 0) is 30.7 Å². The molecule has 0 aliphatic heterocycles. The molecule has 19 heavy (non-hydrogen) atoms. The topological polar surface area (TPSA) is 40.5 Å². The second-order valence-electron chi connectivity index (χ2n) is 5.06. The number of aliphatic carboxylic acids is 1. The van der Waals surface area contributed by atoms with Crippen LogP contribution >= 0.6 is 0 Å². The van der Waals surface area contributed by atoms with E-state index in [1.807, 2.05) is 11.8 Å². The SMILES string of the molecule is CC(CN(C)CC(C)c1cc(F)cc(F)c1)C(=O)O. The summed E-state index contributed by atoms with van der Waals surface area (Å²) in [7, 11) is 1.80. The van der Waals surface area contributed by atoms with Crippen LogP contribution in [0.15, 0.2) is 18.2 Å². The van der Waals surface area contributed by atoms with Gasteiger partial charge in [-0.1, -0.05) is 13.8 Å². The second kappa shape index (κ2) is 6.61. The smallest absolute Gasteiger partial charge is 0.307 e. The average molecular weight is 271 g/mol. The van der Waals surface area contributed by atoms with Crippen LogP contribution in [0.25, 0.3) is 0 Å². The fourth-order valence-electron chi connectivity index (χ4n) is 2.05. The molecule has 0 aliphatic rings. The number of nitrogens with zero attached hydrogens (tertiary/aromatic N) is 1. The molecule has 1 rings (SSSR count). The van der Waals surface area contributed by atoms with E-state index < -0.39 is 23.5 Å². The third-order valence-electron chi connectivity index (χ3n) is 3.05. The Hall–Kier alpha value is -1.49. The van der Waals surface area contributed by atoms with Gasteiger partial charge in [-0.15, -0.1) is 0 Å². The maximum Gasteiger partial charge on any atom is 0.307 e. The van der Waals surface area contributed by atoms with E-state index in [-0.39, 0.29) is 5.92 Å². The largest absolute Gasteiger partial charge is 0.481 e. The molecule has 0 heterocycles. The fraction of sp³-hybridized carbons (Fsp3) is 0.500. The van der Waals surface area contributed by atoms with Crippen LogP contribution in [0.1, 0.15) is 25.3 Å². The predicted octanol–water partition coefficient (Wildman–Crippen LogP) is 2.72. The molecule has 0 saturated carbocycles. The first-order valence-corrected chi connectivity index (χ1v) is 6.17. The zero-order valence-electron chi connectivity index (χ0n) is 11.4. The van der Waals surface area contributed by atoms with Crippen LogP contribution in [-0.2, 0) is 4.79 Å². The number of benzene rings is 1. The van der Waals surface area contributed by atoms with Gasteiger partial charge in [-0.3, -0.25) is 4.79 Å². The number of carboxylic acid groups (broad SMARTS) is 1. The fourth-order valence-corrected chi connectivity index (χ4v) is 2.05. The Morgan fingerprint density at radius 2 is 1.74 bits per heavy atom. The van der Waals surface area contributed by atoms with Gasteiger partial charge in [0.25, 0.3) is 0 Å². The highest BCUT2D eigenvalue weighted by atomic mass is 19.1. The number of hydrogen-bond donors (Lipinski definition) is 1. The van der Waals surface area contributed by atoms with E-state index in [9.17, 15) is 13.6 Å². The van der Waals surface area contributed by atoms with E-state index in [0.29, 0.717) is 18.7 Å². The van der Waals surface area contributed by atoms with Gasteiger partial charge < -0.3 is 10.0 Å². The van der Waals surface area contributed by atoms with Crippen molar-refractivity contribution in [1.29, 1.82) is 0 Å². The molecule has 5 heteroatoms. The maximum absolute atomic E-state index is 13.1. The van der Waals surface area contributed by atoms with Crippen LogP contribution < -0.4 is 0 Å². The van der Waals surface area contributed by atoms with E-state index in [1.54, 1.807) is 14.0 Å². The summed E-state index contributed by atoms with van der Waals surface area (Å²) in [4.78, 5) is 12.6. The lowest BCUT2D eigenvalue weighted by Crippen LogP contribution is -2.31. The number of hydrogen-bond acceptors (Lipinski definition) is 2. The average Bonchev–Trinajstić information content (AvgIpc) is 2.26. The molecule has 0 amide bonds. The van der Waals surface area contributed by atoms with Crippen LogP contribution in [-0.4, -0.2) is 36.1 Å². The molecular weight excluding hydrogens is 252 g/mol. The van der Waals surface area contributed by atoms with E-state index in [1.165, 1.54) is 12.1 Å². The summed E-state index contributed by atoms with van der Waals surface area (Å²) in [6, 6.07) is 3.46. The van der Waals surface area contributed by atoms with Crippen LogP contribution in [0.4, 0.5) is 8.78 Å². The quantitative estimate of drug-likeness (QED) is 0.865. The maximum atomic E-state index is 13.1. The molecule has 0 radical (unpaired) electrons. The molecule has 1 aromatic rings. The molecule has 1 N–H and O–H groups in total. The summed E-state index contributed by atoms with van der Waals surface area (Å²) in [6.45, 7) is 4.43. The molecule has 0 fully saturated rings. The molecule has 0 saturated heterocycles. The third-order valence-corrected chi connectivity index (χ3v) is 3.05. The molecule has 0 spiro atoms. The van der Waals surface area contributed by atoms with Gasteiger partial charge in [0.15, 0.2) is 0 Å². The molecule has 3 nitrogen and oxygen atoms in total. The lowest BCUT2D eigenvalue weighted by Gasteiger charge is -2.23. The Labute approximate surface area is 111 Å². The predicted molar refractivity (Wildman–Crippen MR) is 69.1 cm³/mol. The molecule has 1 aromatic carbocycles. The summed E-state index contributed by atoms with van der Waals surface area (Å²) >= 11 is 0. The Morgan fingerprint density at radius 1 is 1.21 bits per heavy atom. The first kappa shape index (κ1) is 15.6. The number of carbonyl (C=O) groups is 1.